The fraction of sp³-hybridized carbons (Fsp3) is 0.435. The van der Waals surface area contributed by atoms with Gasteiger partial charge in [0, 0.05) is 17.0 Å². The Balaban J connectivity index is 1.50. The van der Waals surface area contributed by atoms with Crippen LogP contribution in [0.3, 0.4) is 0 Å². The van der Waals surface area contributed by atoms with E-state index in [4.69, 9.17) is 4.74 Å². The van der Waals surface area contributed by atoms with E-state index in [9.17, 15) is 5.11 Å². The topological polar surface area (TPSA) is 83.9 Å². The zero-order valence-electron chi connectivity index (χ0n) is 17.5. The Bertz CT molecular complexity index is 893. The third-order valence-electron chi connectivity index (χ3n) is 5.28. The number of aromatic amines is 1. The number of nitrogens with one attached hydrogen (secondary N) is 1. The van der Waals surface area contributed by atoms with Crippen LogP contribution in [0.25, 0.3) is 11.1 Å². The van der Waals surface area contributed by atoms with E-state index < -0.39 is 0 Å². The number of hydrogen-bond acceptors (Lipinski definition) is 5. The van der Waals surface area contributed by atoms with Crippen molar-refractivity contribution >= 4 is 0 Å². The van der Waals surface area contributed by atoms with E-state index in [0.717, 1.165) is 60.4 Å². The molecule has 1 aromatic heterocycles. The molecule has 2 aromatic carbocycles. The van der Waals surface area contributed by atoms with Gasteiger partial charge in [0.25, 0.3) is 0 Å². The highest BCUT2D eigenvalue weighted by Gasteiger charge is 2.24. The van der Waals surface area contributed by atoms with E-state index in [1.165, 1.54) is 0 Å². The minimum atomic E-state index is -0.0804. The smallest absolute Gasteiger partial charge is 0.180 e. The highest BCUT2D eigenvalue weighted by molar-refractivity contribution is 5.75. The summed E-state index contributed by atoms with van der Waals surface area (Å²) >= 11 is 0. The standard InChI is InChI=1S/C23H30N4O2/c1-4-17-15-19(16-20(28)21(17)18-11-7-5-8-12-18)29-14-10-6-9-13-23(2,3)22-24-26-27-25-22/h5,7-8,11-12,15-16,28H,4,6,9-10,13-14H2,1-3H3,(H,24,25,26,27). The quantitative estimate of drug-likeness (QED) is 0.470. The van der Waals surface area contributed by atoms with Crippen LogP contribution >= 0.6 is 0 Å². The van der Waals surface area contributed by atoms with Crippen LogP contribution in [0.15, 0.2) is 42.5 Å². The monoisotopic (exact) mass is 394 g/mol. The lowest BCUT2D eigenvalue weighted by Gasteiger charge is -2.19. The molecule has 0 fully saturated rings. The molecule has 0 aliphatic carbocycles. The van der Waals surface area contributed by atoms with Gasteiger partial charge in [-0.1, -0.05) is 69.2 Å². The number of tetrazole rings is 1. The minimum Gasteiger partial charge on any atom is -0.507 e. The Morgan fingerprint density at radius 2 is 1.86 bits per heavy atom. The number of aromatic hydroxyl groups is 1. The highest BCUT2D eigenvalue weighted by atomic mass is 16.5. The van der Waals surface area contributed by atoms with Gasteiger partial charge >= 0.3 is 0 Å². The van der Waals surface area contributed by atoms with Crippen molar-refractivity contribution in [3.8, 4) is 22.6 Å². The van der Waals surface area contributed by atoms with Crippen LogP contribution in [0.5, 0.6) is 11.5 Å². The molecular formula is C23H30N4O2. The lowest BCUT2D eigenvalue weighted by molar-refractivity contribution is 0.299. The van der Waals surface area contributed by atoms with Crippen molar-refractivity contribution in [2.75, 3.05) is 6.61 Å². The third kappa shape index (κ3) is 5.34. The van der Waals surface area contributed by atoms with E-state index >= 15 is 0 Å². The van der Waals surface area contributed by atoms with Crippen molar-refractivity contribution in [3.05, 3.63) is 53.9 Å². The van der Waals surface area contributed by atoms with Crippen molar-refractivity contribution in [1.82, 2.24) is 20.6 Å². The van der Waals surface area contributed by atoms with Crippen LogP contribution in [0.1, 0.15) is 57.8 Å². The van der Waals surface area contributed by atoms with Crippen molar-refractivity contribution in [2.45, 2.75) is 58.3 Å². The first-order valence-electron chi connectivity index (χ1n) is 10.3. The van der Waals surface area contributed by atoms with Crippen LogP contribution in [0.2, 0.25) is 0 Å². The van der Waals surface area contributed by atoms with Gasteiger partial charge in [0.2, 0.25) is 0 Å². The Kier molecular flexibility index (Phi) is 6.86. The maximum absolute atomic E-state index is 10.6. The zero-order valence-corrected chi connectivity index (χ0v) is 17.5. The number of benzene rings is 2. The van der Waals surface area contributed by atoms with Gasteiger partial charge in [-0.05, 0) is 36.5 Å². The molecule has 0 unspecified atom stereocenters. The van der Waals surface area contributed by atoms with E-state index in [1.54, 1.807) is 6.07 Å². The molecule has 2 N–H and O–H groups in total. The van der Waals surface area contributed by atoms with Crippen molar-refractivity contribution in [3.63, 3.8) is 0 Å². The predicted molar refractivity (Wildman–Crippen MR) is 114 cm³/mol. The lowest BCUT2D eigenvalue weighted by Crippen LogP contribution is -2.19. The predicted octanol–water partition coefficient (Wildman–Crippen LogP) is 5.05. The average molecular weight is 395 g/mol. The Morgan fingerprint density at radius 3 is 2.55 bits per heavy atom. The molecule has 0 spiro atoms. The summed E-state index contributed by atoms with van der Waals surface area (Å²) in [7, 11) is 0. The summed E-state index contributed by atoms with van der Waals surface area (Å²) in [6, 6.07) is 13.8. The van der Waals surface area contributed by atoms with Gasteiger partial charge in [-0.3, -0.25) is 0 Å². The lowest BCUT2D eigenvalue weighted by atomic mass is 9.86. The van der Waals surface area contributed by atoms with E-state index in [2.05, 4.69) is 41.4 Å². The number of hydrogen-bond donors (Lipinski definition) is 2. The van der Waals surface area contributed by atoms with Gasteiger partial charge in [-0.15, -0.1) is 10.2 Å². The maximum atomic E-state index is 10.6. The number of nitrogens with zero attached hydrogens (tertiary/aromatic N) is 3. The molecular weight excluding hydrogens is 364 g/mol. The van der Waals surface area contributed by atoms with Crippen molar-refractivity contribution in [2.24, 2.45) is 0 Å². The molecule has 154 valence electrons. The number of unbranched alkanes of at least 4 members (excludes halogenated alkanes) is 2. The molecule has 0 amide bonds. The SMILES string of the molecule is CCc1cc(OCCCCCC(C)(C)c2nn[nH]n2)cc(O)c1-c1ccccc1. The average Bonchev–Trinajstić information content (AvgIpc) is 3.26. The first-order chi connectivity index (χ1) is 14.0. The molecule has 0 aliphatic rings. The summed E-state index contributed by atoms with van der Waals surface area (Å²) < 4.78 is 5.92. The fourth-order valence-electron chi connectivity index (χ4n) is 3.55. The van der Waals surface area contributed by atoms with Crippen molar-refractivity contribution < 1.29 is 9.84 Å². The van der Waals surface area contributed by atoms with Gasteiger partial charge in [0.1, 0.15) is 11.5 Å². The maximum Gasteiger partial charge on any atom is 0.180 e. The van der Waals surface area contributed by atoms with E-state index in [0.29, 0.717) is 6.61 Å². The first-order valence-corrected chi connectivity index (χ1v) is 10.3. The molecule has 0 saturated carbocycles. The molecule has 0 aliphatic heterocycles. The van der Waals surface area contributed by atoms with Crippen LogP contribution in [-0.2, 0) is 11.8 Å². The van der Waals surface area contributed by atoms with Gasteiger partial charge in [-0.2, -0.15) is 5.21 Å². The minimum absolute atomic E-state index is 0.0804. The Hall–Kier alpha value is -2.89. The summed E-state index contributed by atoms with van der Waals surface area (Å²) in [5, 5.41) is 25.0. The normalized spacial score (nSPS) is 11.6. The van der Waals surface area contributed by atoms with Gasteiger partial charge in [0.05, 0.1) is 6.61 Å². The molecule has 0 bridgehead atoms. The molecule has 0 radical (unpaired) electrons. The Labute approximate surface area is 172 Å². The van der Waals surface area contributed by atoms with Gasteiger partial charge < -0.3 is 9.84 Å². The van der Waals surface area contributed by atoms with E-state index in [-0.39, 0.29) is 11.2 Å². The largest absolute Gasteiger partial charge is 0.507 e. The summed E-state index contributed by atoms with van der Waals surface area (Å²) in [5.74, 6) is 1.76. The molecule has 1 heterocycles. The van der Waals surface area contributed by atoms with E-state index in [1.807, 2.05) is 36.4 Å². The molecule has 3 aromatic rings. The van der Waals surface area contributed by atoms with Crippen LogP contribution < -0.4 is 4.74 Å². The number of ether oxygens (including phenoxy) is 1. The molecule has 6 heteroatoms. The highest BCUT2D eigenvalue weighted by Crippen LogP contribution is 2.36. The van der Waals surface area contributed by atoms with Crippen molar-refractivity contribution in [1.29, 1.82) is 0 Å². The number of phenolic OH excluding ortho intramolecular Hbond substituents is 1. The molecule has 6 nitrogen and oxygen atoms in total. The molecule has 29 heavy (non-hydrogen) atoms. The number of H-pyrrole nitrogens is 1. The van der Waals surface area contributed by atoms with Crippen LogP contribution in [0.4, 0.5) is 0 Å². The first kappa shape index (κ1) is 20.8. The summed E-state index contributed by atoms with van der Waals surface area (Å²) in [6.45, 7) is 7.00. The zero-order chi connectivity index (χ0) is 20.7. The second-order valence-corrected chi connectivity index (χ2v) is 7.97. The molecule has 3 rings (SSSR count). The third-order valence-corrected chi connectivity index (χ3v) is 5.28. The Morgan fingerprint density at radius 1 is 1.07 bits per heavy atom. The second-order valence-electron chi connectivity index (χ2n) is 7.97. The summed E-state index contributed by atoms with van der Waals surface area (Å²) in [6.07, 6.45) is 4.93. The second kappa shape index (κ2) is 9.54. The number of aromatic nitrogens is 4. The van der Waals surface area contributed by atoms with Crippen LogP contribution in [-0.4, -0.2) is 32.3 Å². The van der Waals surface area contributed by atoms with Gasteiger partial charge in [0.15, 0.2) is 5.82 Å². The number of rotatable bonds is 10. The molecule has 0 saturated heterocycles. The number of aryl methyl sites for hydroxylation is 1. The van der Waals surface area contributed by atoms with Gasteiger partial charge in [-0.25, -0.2) is 0 Å². The van der Waals surface area contributed by atoms with Crippen LogP contribution in [0, 0.1) is 0 Å². The number of phenols is 1. The molecule has 0 atom stereocenters. The fourth-order valence-corrected chi connectivity index (χ4v) is 3.55. The summed E-state index contributed by atoms with van der Waals surface area (Å²) in [4.78, 5) is 0. The summed E-state index contributed by atoms with van der Waals surface area (Å²) in [5.41, 5.74) is 2.93.